The van der Waals surface area contributed by atoms with Crippen molar-refractivity contribution in [2.45, 2.75) is 26.3 Å². The van der Waals surface area contributed by atoms with Gasteiger partial charge in [-0.2, -0.15) is 0 Å². The first-order valence-electron chi connectivity index (χ1n) is 5.52. The number of nitrogens with two attached hydrogens (primary N) is 1. The fraction of sp³-hybridized carbons (Fsp3) is 0.417. The largest absolute Gasteiger partial charge is 0.322 e. The molecule has 3 N–H and O–H groups in total. The normalized spacial score (nSPS) is 12.6. The Balaban J connectivity index is 2.79. The smallest absolute Gasteiger partial charge is 0.241 e. The summed E-state index contributed by atoms with van der Waals surface area (Å²) < 4.78 is 26.7. The molecule has 0 aliphatic rings. The van der Waals surface area contributed by atoms with E-state index in [4.69, 9.17) is 5.73 Å². The van der Waals surface area contributed by atoms with Gasteiger partial charge in [-0.3, -0.25) is 4.79 Å². The molecule has 1 amide bonds. The van der Waals surface area contributed by atoms with Crippen LogP contribution in [0.15, 0.2) is 16.6 Å². The molecule has 0 spiro atoms. The number of rotatable bonds is 4. The molecule has 0 radical (unpaired) electrons. The molecule has 0 aliphatic heterocycles. The van der Waals surface area contributed by atoms with Gasteiger partial charge in [-0.25, -0.2) is 8.78 Å². The topological polar surface area (TPSA) is 55.1 Å². The summed E-state index contributed by atoms with van der Waals surface area (Å²) in [6.07, 6.45) is 0.479. The van der Waals surface area contributed by atoms with E-state index in [9.17, 15) is 13.6 Å². The summed E-state index contributed by atoms with van der Waals surface area (Å²) >= 11 is 2.86. The van der Waals surface area contributed by atoms with Crippen LogP contribution in [0.1, 0.15) is 20.3 Å². The maximum Gasteiger partial charge on any atom is 0.241 e. The van der Waals surface area contributed by atoms with Crippen molar-refractivity contribution in [3.63, 3.8) is 0 Å². The van der Waals surface area contributed by atoms with Crippen LogP contribution < -0.4 is 11.1 Å². The molecule has 0 saturated heterocycles. The molecule has 0 saturated carbocycles. The maximum absolute atomic E-state index is 13.5. The number of carbonyl (C=O) groups is 1. The fourth-order valence-corrected chi connectivity index (χ4v) is 1.77. The highest BCUT2D eigenvalue weighted by atomic mass is 79.9. The van der Waals surface area contributed by atoms with Crippen LogP contribution in [0.3, 0.4) is 0 Å². The quantitative estimate of drug-likeness (QED) is 0.838. The van der Waals surface area contributed by atoms with Crippen molar-refractivity contribution >= 4 is 27.5 Å². The highest BCUT2D eigenvalue weighted by molar-refractivity contribution is 9.10. The third-order valence-corrected chi connectivity index (χ3v) is 2.94. The van der Waals surface area contributed by atoms with Crippen LogP contribution in [0.4, 0.5) is 14.5 Å². The molecule has 0 heterocycles. The van der Waals surface area contributed by atoms with Gasteiger partial charge in [0.1, 0.15) is 11.6 Å². The number of nitrogens with one attached hydrogen (secondary N) is 1. The molecule has 0 bridgehead atoms. The van der Waals surface area contributed by atoms with Gasteiger partial charge in [0.2, 0.25) is 5.91 Å². The van der Waals surface area contributed by atoms with Gasteiger partial charge in [-0.15, -0.1) is 0 Å². The van der Waals surface area contributed by atoms with E-state index in [1.165, 1.54) is 0 Å². The van der Waals surface area contributed by atoms with E-state index in [1.54, 1.807) is 0 Å². The molecule has 1 aromatic rings. The average Bonchev–Trinajstić information content (AvgIpc) is 2.24. The molecule has 0 unspecified atom stereocenters. The predicted octanol–water partition coefficient (Wildman–Crippen LogP) is 3.04. The summed E-state index contributed by atoms with van der Waals surface area (Å²) in [6.45, 7) is 3.85. The Morgan fingerprint density at radius 1 is 1.39 bits per heavy atom. The number of halogens is 3. The molecule has 3 nitrogen and oxygen atoms in total. The molecule has 1 rings (SSSR count). The summed E-state index contributed by atoms with van der Waals surface area (Å²) in [7, 11) is 0. The van der Waals surface area contributed by atoms with E-state index < -0.39 is 23.6 Å². The number of benzene rings is 1. The van der Waals surface area contributed by atoms with Crippen LogP contribution in [-0.2, 0) is 4.79 Å². The molecule has 18 heavy (non-hydrogen) atoms. The fourth-order valence-electron chi connectivity index (χ4n) is 1.46. The van der Waals surface area contributed by atoms with E-state index in [0.717, 1.165) is 12.1 Å². The molecular weight excluding hydrogens is 306 g/mol. The van der Waals surface area contributed by atoms with Crippen molar-refractivity contribution in [3.8, 4) is 0 Å². The number of hydrogen-bond acceptors (Lipinski definition) is 2. The standard InChI is InChI=1S/C12H15BrF2N2O/c1-6(2)3-10(16)12(18)17-11-5-8(14)7(13)4-9(11)15/h4-6,10H,3,16H2,1-2H3,(H,17,18)/t10-/m1/s1. The zero-order chi connectivity index (χ0) is 13.9. The Morgan fingerprint density at radius 2 is 2.00 bits per heavy atom. The summed E-state index contributed by atoms with van der Waals surface area (Å²) in [6, 6.07) is 1.13. The molecule has 0 aliphatic carbocycles. The van der Waals surface area contributed by atoms with Crippen LogP contribution in [0, 0.1) is 17.6 Å². The van der Waals surface area contributed by atoms with Crippen LogP contribution in [-0.4, -0.2) is 11.9 Å². The molecule has 100 valence electrons. The minimum atomic E-state index is -0.740. The molecule has 1 aromatic carbocycles. The maximum atomic E-state index is 13.5. The van der Waals surface area contributed by atoms with Gasteiger partial charge >= 0.3 is 0 Å². The van der Waals surface area contributed by atoms with Crippen LogP contribution in [0.5, 0.6) is 0 Å². The first kappa shape index (κ1) is 15.0. The lowest BCUT2D eigenvalue weighted by Crippen LogP contribution is -2.36. The van der Waals surface area contributed by atoms with Gasteiger partial charge in [-0.05, 0) is 34.3 Å². The summed E-state index contributed by atoms with van der Waals surface area (Å²) in [5.41, 5.74) is 5.44. The van der Waals surface area contributed by atoms with Gasteiger partial charge in [0, 0.05) is 6.07 Å². The molecule has 1 atom stereocenters. The van der Waals surface area contributed by atoms with Crippen LogP contribution in [0.25, 0.3) is 0 Å². The monoisotopic (exact) mass is 320 g/mol. The van der Waals surface area contributed by atoms with Gasteiger partial charge < -0.3 is 11.1 Å². The lowest BCUT2D eigenvalue weighted by molar-refractivity contribution is -0.117. The third-order valence-electron chi connectivity index (χ3n) is 2.33. The third kappa shape index (κ3) is 4.03. The van der Waals surface area contributed by atoms with Crippen molar-refractivity contribution in [1.82, 2.24) is 0 Å². The average molecular weight is 321 g/mol. The first-order valence-corrected chi connectivity index (χ1v) is 6.31. The van der Waals surface area contributed by atoms with Gasteiger partial charge in [-0.1, -0.05) is 13.8 Å². The molecule has 0 aromatic heterocycles. The van der Waals surface area contributed by atoms with E-state index in [0.29, 0.717) is 6.42 Å². The Hall–Kier alpha value is -1.01. The second-order valence-electron chi connectivity index (χ2n) is 4.47. The van der Waals surface area contributed by atoms with Crippen molar-refractivity contribution in [3.05, 3.63) is 28.2 Å². The van der Waals surface area contributed by atoms with Crippen molar-refractivity contribution in [2.75, 3.05) is 5.32 Å². The zero-order valence-electron chi connectivity index (χ0n) is 10.1. The Kier molecular flexibility index (Phi) is 5.22. The summed E-state index contributed by atoms with van der Waals surface area (Å²) in [5.74, 6) is -1.64. The van der Waals surface area contributed by atoms with E-state index in [-0.39, 0.29) is 16.1 Å². The van der Waals surface area contributed by atoms with Gasteiger partial charge in [0.25, 0.3) is 0 Å². The van der Waals surface area contributed by atoms with E-state index >= 15 is 0 Å². The second-order valence-corrected chi connectivity index (χ2v) is 5.33. The van der Waals surface area contributed by atoms with Crippen molar-refractivity contribution < 1.29 is 13.6 Å². The number of carbonyl (C=O) groups excluding carboxylic acids is 1. The highest BCUT2D eigenvalue weighted by Crippen LogP contribution is 2.23. The van der Waals surface area contributed by atoms with Gasteiger partial charge in [0.05, 0.1) is 16.2 Å². The molecular formula is C12H15BrF2N2O. The number of amides is 1. The minimum Gasteiger partial charge on any atom is -0.322 e. The Morgan fingerprint density at radius 3 is 2.56 bits per heavy atom. The van der Waals surface area contributed by atoms with Crippen LogP contribution in [0.2, 0.25) is 0 Å². The molecule has 6 heteroatoms. The van der Waals surface area contributed by atoms with Crippen molar-refractivity contribution in [1.29, 1.82) is 0 Å². The van der Waals surface area contributed by atoms with Crippen molar-refractivity contribution in [2.24, 2.45) is 11.7 Å². The minimum absolute atomic E-state index is 0.00415. The predicted molar refractivity (Wildman–Crippen MR) is 70.1 cm³/mol. The SMILES string of the molecule is CC(C)C[C@@H](N)C(=O)Nc1cc(F)c(Br)cc1F. The second kappa shape index (κ2) is 6.24. The summed E-state index contributed by atoms with van der Waals surface area (Å²) in [4.78, 5) is 11.7. The Labute approximate surface area is 113 Å². The zero-order valence-corrected chi connectivity index (χ0v) is 11.7. The van der Waals surface area contributed by atoms with Crippen LogP contribution >= 0.6 is 15.9 Å². The number of anilines is 1. The van der Waals surface area contributed by atoms with Gasteiger partial charge in [0.15, 0.2) is 0 Å². The van der Waals surface area contributed by atoms with E-state index in [1.807, 2.05) is 13.8 Å². The number of hydrogen-bond donors (Lipinski definition) is 2. The molecule has 0 fully saturated rings. The summed E-state index contributed by atoms with van der Waals surface area (Å²) in [5, 5.41) is 2.28. The lowest BCUT2D eigenvalue weighted by atomic mass is 10.0. The van der Waals surface area contributed by atoms with E-state index in [2.05, 4.69) is 21.2 Å². The lowest BCUT2D eigenvalue weighted by Gasteiger charge is -2.14. The Bertz CT molecular complexity index is 452. The first-order chi connectivity index (χ1) is 8.31. The highest BCUT2D eigenvalue weighted by Gasteiger charge is 2.17.